The van der Waals surface area contributed by atoms with E-state index >= 15 is 0 Å². The molecular weight excluding hydrogens is 346 g/mol. The van der Waals surface area contributed by atoms with Gasteiger partial charge in [-0.25, -0.2) is 9.98 Å². The Hall–Kier alpha value is -2.41. The van der Waals surface area contributed by atoms with E-state index in [1.807, 2.05) is 44.3 Å². The van der Waals surface area contributed by atoms with Crippen molar-refractivity contribution in [2.75, 3.05) is 27.2 Å². The van der Waals surface area contributed by atoms with Gasteiger partial charge >= 0.3 is 0 Å². The summed E-state index contributed by atoms with van der Waals surface area (Å²) in [4.78, 5) is 23.7. The highest BCUT2D eigenvalue weighted by atomic mass is 32.1. The van der Waals surface area contributed by atoms with E-state index in [0.29, 0.717) is 12.1 Å². The highest BCUT2D eigenvalue weighted by Gasteiger charge is 2.08. The minimum Gasteiger partial charge on any atom is -0.357 e. The van der Waals surface area contributed by atoms with Gasteiger partial charge in [0, 0.05) is 43.8 Å². The highest BCUT2D eigenvalue weighted by Crippen LogP contribution is 2.12. The molecule has 0 aliphatic heterocycles. The third-order valence-corrected chi connectivity index (χ3v) is 4.59. The van der Waals surface area contributed by atoms with E-state index in [-0.39, 0.29) is 5.91 Å². The molecule has 1 aromatic carbocycles. The van der Waals surface area contributed by atoms with Crippen LogP contribution in [0.2, 0.25) is 0 Å². The smallest absolute Gasteiger partial charge is 0.253 e. The number of carbonyl (C=O) groups is 1. The maximum Gasteiger partial charge on any atom is 0.253 e. The monoisotopic (exact) mass is 373 g/mol. The van der Waals surface area contributed by atoms with Crippen molar-refractivity contribution < 1.29 is 4.79 Å². The molecule has 140 valence electrons. The zero-order valence-corrected chi connectivity index (χ0v) is 16.7. The zero-order valence-electron chi connectivity index (χ0n) is 15.9. The largest absolute Gasteiger partial charge is 0.357 e. The fourth-order valence-electron chi connectivity index (χ4n) is 2.42. The number of aliphatic imine (C=N–C) groups is 1. The predicted octanol–water partition coefficient (Wildman–Crippen LogP) is 2.45. The van der Waals surface area contributed by atoms with Gasteiger partial charge in [0.2, 0.25) is 0 Å². The van der Waals surface area contributed by atoms with E-state index in [1.165, 1.54) is 0 Å². The lowest BCUT2D eigenvalue weighted by Gasteiger charge is -2.13. The summed E-state index contributed by atoms with van der Waals surface area (Å²) in [5.41, 5.74) is 1.84. The van der Waals surface area contributed by atoms with Gasteiger partial charge in [-0.2, -0.15) is 0 Å². The van der Waals surface area contributed by atoms with Gasteiger partial charge in [0.05, 0.1) is 11.6 Å². The number of nitrogens with zero attached hydrogens (tertiary/aromatic N) is 3. The van der Waals surface area contributed by atoms with Crippen molar-refractivity contribution in [3.8, 4) is 0 Å². The Morgan fingerprint density at radius 3 is 2.77 bits per heavy atom. The molecule has 2 N–H and O–H groups in total. The molecule has 26 heavy (non-hydrogen) atoms. The van der Waals surface area contributed by atoms with Gasteiger partial charge in [-0.1, -0.05) is 12.1 Å². The average molecular weight is 374 g/mol. The van der Waals surface area contributed by atoms with Gasteiger partial charge in [-0.15, -0.1) is 11.3 Å². The van der Waals surface area contributed by atoms with E-state index in [0.717, 1.165) is 40.9 Å². The number of carbonyl (C=O) groups excluding carboxylic acids is 1. The number of nitrogens with one attached hydrogen (secondary N) is 2. The van der Waals surface area contributed by atoms with Gasteiger partial charge in [-0.3, -0.25) is 4.79 Å². The zero-order chi connectivity index (χ0) is 18.9. The van der Waals surface area contributed by atoms with E-state index in [1.54, 1.807) is 30.3 Å². The van der Waals surface area contributed by atoms with Crippen LogP contribution in [0, 0.1) is 6.92 Å². The van der Waals surface area contributed by atoms with E-state index < -0.39 is 0 Å². The molecule has 0 bridgehead atoms. The first-order valence-corrected chi connectivity index (χ1v) is 9.55. The molecule has 0 atom stereocenters. The predicted molar refractivity (Wildman–Crippen MR) is 108 cm³/mol. The van der Waals surface area contributed by atoms with Crippen LogP contribution in [0.4, 0.5) is 0 Å². The minimum atomic E-state index is 0.0227. The molecule has 0 saturated heterocycles. The average Bonchev–Trinajstić information content (AvgIpc) is 3.04. The molecule has 2 aromatic rings. The number of guanidine groups is 1. The molecule has 2 rings (SSSR count). The topological polar surface area (TPSA) is 69.6 Å². The number of hydrogen-bond acceptors (Lipinski definition) is 4. The minimum absolute atomic E-state index is 0.0227. The summed E-state index contributed by atoms with van der Waals surface area (Å²) in [6, 6.07) is 7.77. The molecule has 0 saturated carbocycles. The Balaban J connectivity index is 1.91. The Bertz CT molecular complexity index is 754. The molecule has 6 nitrogen and oxygen atoms in total. The van der Waals surface area contributed by atoms with Crippen LogP contribution in [0.15, 0.2) is 35.5 Å². The summed E-state index contributed by atoms with van der Waals surface area (Å²) in [5.74, 6) is 0.814. The molecule has 1 amide bonds. The Kier molecular flexibility index (Phi) is 7.59. The van der Waals surface area contributed by atoms with Crippen LogP contribution < -0.4 is 10.6 Å². The Morgan fingerprint density at radius 2 is 2.12 bits per heavy atom. The SMILES string of the molecule is CCNC(=NCc1cnc(C)s1)NCCc1cccc(C(=O)N(C)C)c1. The van der Waals surface area contributed by atoms with Crippen LogP contribution in [0.25, 0.3) is 0 Å². The molecule has 0 fully saturated rings. The normalized spacial score (nSPS) is 11.3. The van der Waals surface area contributed by atoms with E-state index in [4.69, 9.17) is 0 Å². The molecule has 1 aromatic heterocycles. The molecule has 0 aliphatic carbocycles. The number of amides is 1. The van der Waals surface area contributed by atoms with Crippen molar-refractivity contribution in [3.63, 3.8) is 0 Å². The first-order chi connectivity index (χ1) is 12.5. The van der Waals surface area contributed by atoms with Gasteiger partial charge in [0.1, 0.15) is 0 Å². The summed E-state index contributed by atoms with van der Waals surface area (Å²) < 4.78 is 0. The number of aryl methyl sites for hydroxylation is 1. The third-order valence-electron chi connectivity index (χ3n) is 3.69. The van der Waals surface area contributed by atoms with Crippen LogP contribution in [-0.4, -0.2) is 48.9 Å². The van der Waals surface area contributed by atoms with E-state index in [2.05, 4.69) is 20.6 Å². The summed E-state index contributed by atoms with van der Waals surface area (Å²) in [7, 11) is 3.53. The molecule has 0 spiro atoms. The van der Waals surface area contributed by atoms with Crippen LogP contribution in [0.3, 0.4) is 0 Å². The van der Waals surface area contributed by atoms with E-state index in [9.17, 15) is 4.79 Å². The van der Waals surface area contributed by atoms with Crippen LogP contribution >= 0.6 is 11.3 Å². The highest BCUT2D eigenvalue weighted by molar-refractivity contribution is 7.11. The van der Waals surface area contributed by atoms with Crippen molar-refractivity contribution >= 4 is 23.2 Å². The van der Waals surface area contributed by atoms with Gasteiger partial charge in [0.25, 0.3) is 5.91 Å². The molecule has 0 radical (unpaired) electrons. The first kappa shape index (κ1) is 19.9. The summed E-state index contributed by atoms with van der Waals surface area (Å²) in [6.07, 6.45) is 2.69. The van der Waals surface area contributed by atoms with Crippen molar-refractivity contribution in [1.29, 1.82) is 0 Å². The molecular formula is C19H27N5OS. The molecule has 1 heterocycles. The maximum atomic E-state index is 12.1. The van der Waals surface area contributed by atoms with Crippen LogP contribution in [-0.2, 0) is 13.0 Å². The Labute approximate surface area is 159 Å². The van der Waals surface area contributed by atoms with Crippen molar-refractivity contribution in [3.05, 3.63) is 51.5 Å². The second-order valence-corrected chi connectivity index (χ2v) is 7.44. The second-order valence-electron chi connectivity index (χ2n) is 6.12. The van der Waals surface area contributed by atoms with Crippen LogP contribution in [0.1, 0.15) is 32.7 Å². The third kappa shape index (κ3) is 6.15. The maximum absolute atomic E-state index is 12.1. The lowest BCUT2D eigenvalue weighted by atomic mass is 10.1. The summed E-state index contributed by atoms with van der Waals surface area (Å²) in [6.45, 7) is 6.21. The van der Waals surface area contributed by atoms with Crippen LogP contribution in [0.5, 0.6) is 0 Å². The van der Waals surface area contributed by atoms with Crippen molar-refractivity contribution in [1.82, 2.24) is 20.5 Å². The van der Waals surface area contributed by atoms with Gasteiger partial charge in [0.15, 0.2) is 5.96 Å². The summed E-state index contributed by atoms with van der Waals surface area (Å²) in [5, 5.41) is 7.65. The number of aromatic nitrogens is 1. The molecule has 7 heteroatoms. The second kappa shape index (κ2) is 9.91. The number of rotatable bonds is 7. The molecule has 0 aliphatic rings. The number of benzene rings is 1. The fraction of sp³-hybridized carbons (Fsp3) is 0.421. The number of hydrogen-bond donors (Lipinski definition) is 2. The molecule has 0 unspecified atom stereocenters. The first-order valence-electron chi connectivity index (χ1n) is 8.73. The van der Waals surface area contributed by atoms with Crippen molar-refractivity contribution in [2.45, 2.75) is 26.8 Å². The van der Waals surface area contributed by atoms with Gasteiger partial charge in [-0.05, 0) is 38.0 Å². The fourth-order valence-corrected chi connectivity index (χ4v) is 3.14. The number of thiazole rings is 1. The quantitative estimate of drug-likeness (QED) is 0.578. The van der Waals surface area contributed by atoms with Gasteiger partial charge < -0.3 is 15.5 Å². The Morgan fingerprint density at radius 1 is 1.31 bits per heavy atom. The standard InChI is InChI=1S/C19H27N5OS/c1-5-20-19(23-13-17-12-22-14(2)26-17)21-10-9-15-7-6-8-16(11-15)18(25)24(3)4/h6-8,11-12H,5,9-10,13H2,1-4H3,(H2,20,21,23). The van der Waals surface area contributed by atoms with Crippen molar-refractivity contribution in [2.24, 2.45) is 4.99 Å². The summed E-state index contributed by atoms with van der Waals surface area (Å²) >= 11 is 1.67. The lowest BCUT2D eigenvalue weighted by molar-refractivity contribution is 0.0827. The lowest BCUT2D eigenvalue weighted by Crippen LogP contribution is -2.38.